The molecule has 0 bridgehead atoms. The number of rotatable bonds is 5. The summed E-state index contributed by atoms with van der Waals surface area (Å²) in [6, 6.07) is 0. The number of hydrogen-bond donors (Lipinski definition) is 1. The highest BCUT2D eigenvalue weighted by Crippen LogP contribution is 2.10. The van der Waals surface area contributed by atoms with Crippen molar-refractivity contribution in [3.05, 3.63) is 0 Å². The van der Waals surface area contributed by atoms with Gasteiger partial charge in [-0.2, -0.15) is 0 Å². The summed E-state index contributed by atoms with van der Waals surface area (Å²) in [6.07, 6.45) is 1.86. The van der Waals surface area contributed by atoms with Crippen LogP contribution in [0, 0.1) is 17.2 Å². The zero-order valence-electron chi connectivity index (χ0n) is 7.96. The lowest BCUT2D eigenvalue weighted by Crippen LogP contribution is -2.20. The van der Waals surface area contributed by atoms with Crippen molar-refractivity contribution < 1.29 is 9.53 Å². The summed E-state index contributed by atoms with van der Waals surface area (Å²) in [7, 11) is 0. The van der Waals surface area contributed by atoms with Gasteiger partial charge in [0.1, 0.15) is 0 Å². The first-order valence-corrected chi connectivity index (χ1v) is 4.29. The van der Waals surface area contributed by atoms with Gasteiger partial charge in [0.05, 0.1) is 12.5 Å². The molecular weight excluding hydrogens is 154 g/mol. The summed E-state index contributed by atoms with van der Waals surface area (Å²) in [5.74, 6) is -0.216. The van der Waals surface area contributed by atoms with Crippen molar-refractivity contribution in [2.75, 3.05) is 6.61 Å². The van der Waals surface area contributed by atoms with Crippen molar-refractivity contribution in [2.24, 2.45) is 11.8 Å². The maximum absolute atomic E-state index is 11.1. The molecule has 0 aromatic carbocycles. The Kier molecular flexibility index (Phi) is 5.34. The Labute approximate surface area is 73.6 Å². The Morgan fingerprint density at radius 3 is 2.50 bits per heavy atom. The van der Waals surface area contributed by atoms with Gasteiger partial charge in [0.25, 0.3) is 0 Å². The van der Waals surface area contributed by atoms with Gasteiger partial charge < -0.3 is 10.1 Å². The molecule has 0 amide bonds. The Balaban J connectivity index is 3.96. The molecule has 0 aromatic rings. The van der Waals surface area contributed by atoms with Crippen LogP contribution in [-0.2, 0) is 9.53 Å². The minimum atomic E-state index is -0.357. The molecule has 1 unspecified atom stereocenters. The first-order chi connectivity index (χ1) is 5.61. The van der Waals surface area contributed by atoms with Gasteiger partial charge in [-0.1, -0.05) is 13.8 Å². The predicted molar refractivity (Wildman–Crippen MR) is 48.4 cm³/mol. The topological polar surface area (TPSA) is 50.2 Å². The zero-order chi connectivity index (χ0) is 9.56. The fourth-order valence-electron chi connectivity index (χ4n) is 0.989. The molecule has 0 aliphatic rings. The summed E-state index contributed by atoms with van der Waals surface area (Å²) >= 11 is 0. The maximum Gasteiger partial charge on any atom is 0.314 e. The van der Waals surface area contributed by atoms with E-state index in [-0.39, 0.29) is 11.9 Å². The summed E-state index contributed by atoms with van der Waals surface area (Å²) in [6.45, 7) is 6.21. The van der Waals surface area contributed by atoms with Crippen molar-refractivity contribution in [1.29, 1.82) is 5.41 Å². The molecule has 0 aromatic heterocycles. The fraction of sp³-hybridized carbons (Fsp3) is 0.778. The van der Waals surface area contributed by atoms with Crippen LogP contribution < -0.4 is 0 Å². The van der Waals surface area contributed by atoms with E-state index in [1.807, 2.05) is 13.8 Å². The first-order valence-electron chi connectivity index (χ1n) is 4.29. The molecule has 0 fully saturated rings. The van der Waals surface area contributed by atoms with E-state index in [0.29, 0.717) is 18.9 Å². The Hall–Kier alpha value is -0.860. The Morgan fingerprint density at radius 1 is 1.58 bits per heavy atom. The fourth-order valence-corrected chi connectivity index (χ4v) is 0.989. The second-order valence-corrected chi connectivity index (χ2v) is 3.15. The summed E-state index contributed by atoms with van der Waals surface area (Å²) < 4.78 is 4.81. The van der Waals surface area contributed by atoms with Crippen molar-refractivity contribution in [1.82, 2.24) is 0 Å². The molecule has 0 aliphatic heterocycles. The van der Waals surface area contributed by atoms with Crippen LogP contribution in [0.1, 0.15) is 27.2 Å². The van der Waals surface area contributed by atoms with Crippen LogP contribution in [0.25, 0.3) is 0 Å². The number of carbonyl (C=O) groups is 1. The SMILES string of the molecule is CCOC(=O)C(C=N)CC(C)C. The van der Waals surface area contributed by atoms with E-state index in [2.05, 4.69) is 0 Å². The van der Waals surface area contributed by atoms with E-state index < -0.39 is 0 Å². The molecular formula is C9H17NO2. The van der Waals surface area contributed by atoms with Crippen LogP contribution in [0.15, 0.2) is 0 Å². The third-order valence-electron chi connectivity index (χ3n) is 1.52. The molecule has 1 atom stereocenters. The van der Waals surface area contributed by atoms with Gasteiger partial charge in [-0.05, 0) is 19.3 Å². The second-order valence-electron chi connectivity index (χ2n) is 3.15. The molecule has 3 nitrogen and oxygen atoms in total. The van der Waals surface area contributed by atoms with E-state index in [9.17, 15) is 4.79 Å². The first kappa shape index (κ1) is 11.1. The molecule has 0 heterocycles. The number of carbonyl (C=O) groups excluding carboxylic acids is 1. The lowest BCUT2D eigenvalue weighted by molar-refractivity contribution is -0.145. The Morgan fingerprint density at radius 2 is 2.17 bits per heavy atom. The normalized spacial score (nSPS) is 12.7. The quantitative estimate of drug-likeness (QED) is 0.507. The zero-order valence-corrected chi connectivity index (χ0v) is 7.96. The van der Waals surface area contributed by atoms with Gasteiger partial charge in [0.15, 0.2) is 0 Å². The molecule has 0 saturated carbocycles. The third kappa shape index (κ3) is 4.11. The van der Waals surface area contributed by atoms with Crippen molar-refractivity contribution in [3.63, 3.8) is 0 Å². The molecule has 0 saturated heterocycles. The monoisotopic (exact) mass is 171 g/mol. The lowest BCUT2D eigenvalue weighted by Gasteiger charge is -2.12. The Bertz CT molecular complexity index is 155. The number of hydrogen-bond acceptors (Lipinski definition) is 3. The van der Waals surface area contributed by atoms with Crippen LogP contribution in [0.5, 0.6) is 0 Å². The lowest BCUT2D eigenvalue weighted by atomic mass is 9.98. The van der Waals surface area contributed by atoms with Gasteiger partial charge in [-0.25, -0.2) is 0 Å². The molecule has 3 heteroatoms. The van der Waals surface area contributed by atoms with Crippen molar-refractivity contribution in [2.45, 2.75) is 27.2 Å². The van der Waals surface area contributed by atoms with E-state index in [1.54, 1.807) is 6.92 Å². The molecule has 0 spiro atoms. The highest BCUT2D eigenvalue weighted by atomic mass is 16.5. The average molecular weight is 171 g/mol. The van der Waals surface area contributed by atoms with Gasteiger partial charge in [0, 0.05) is 6.21 Å². The highest BCUT2D eigenvalue weighted by Gasteiger charge is 2.17. The van der Waals surface area contributed by atoms with Gasteiger partial charge in [0.2, 0.25) is 0 Å². The summed E-state index contributed by atoms with van der Waals surface area (Å²) in [5, 5.41) is 7.04. The van der Waals surface area contributed by atoms with E-state index >= 15 is 0 Å². The standard InChI is InChI=1S/C9H17NO2/c1-4-12-9(11)8(6-10)5-7(2)3/h6-8,10H,4-5H2,1-3H3. The van der Waals surface area contributed by atoms with E-state index in [4.69, 9.17) is 10.1 Å². The third-order valence-corrected chi connectivity index (χ3v) is 1.52. The van der Waals surface area contributed by atoms with Crippen LogP contribution >= 0.6 is 0 Å². The molecule has 0 radical (unpaired) electrons. The molecule has 1 N–H and O–H groups in total. The predicted octanol–water partition coefficient (Wildman–Crippen LogP) is 1.86. The highest BCUT2D eigenvalue weighted by molar-refractivity contribution is 5.88. The summed E-state index contributed by atoms with van der Waals surface area (Å²) in [5.41, 5.74) is 0. The molecule has 0 aliphatic carbocycles. The summed E-state index contributed by atoms with van der Waals surface area (Å²) in [4.78, 5) is 11.1. The van der Waals surface area contributed by atoms with Crippen LogP contribution in [0.3, 0.4) is 0 Å². The van der Waals surface area contributed by atoms with E-state index in [0.717, 1.165) is 6.21 Å². The molecule has 70 valence electrons. The minimum Gasteiger partial charge on any atom is -0.465 e. The van der Waals surface area contributed by atoms with Gasteiger partial charge in [-0.3, -0.25) is 4.79 Å². The number of esters is 1. The van der Waals surface area contributed by atoms with Gasteiger partial charge in [-0.15, -0.1) is 0 Å². The second kappa shape index (κ2) is 5.75. The number of nitrogens with one attached hydrogen (secondary N) is 1. The molecule has 0 rings (SSSR count). The largest absolute Gasteiger partial charge is 0.465 e. The van der Waals surface area contributed by atoms with E-state index in [1.165, 1.54) is 0 Å². The van der Waals surface area contributed by atoms with Gasteiger partial charge >= 0.3 is 5.97 Å². The van der Waals surface area contributed by atoms with Crippen LogP contribution in [-0.4, -0.2) is 18.8 Å². The van der Waals surface area contributed by atoms with Crippen LogP contribution in [0.2, 0.25) is 0 Å². The minimum absolute atomic E-state index is 0.277. The van der Waals surface area contributed by atoms with Crippen molar-refractivity contribution in [3.8, 4) is 0 Å². The number of ether oxygens (including phenoxy) is 1. The average Bonchev–Trinajstić information content (AvgIpc) is 2.00. The molecule has 12 heavy (non-hydrogen) atoms. The maximum atomic E-state index is 11.1. The van der Waals surface area contributed by atoms with Crippen LogP contribution in [0.4, 0.5) is 0 Å². The van der Waals surface area contributed by atoms with Crippen molar-refractivity contribution >= 4 is 12.2 Å². The smallest absolute Gasteiger partial charge is 0.314 e.